The normalized spacial score (nSPS) is 14.8. The Balaban J connectivity index is 0.000000675. The predicted molar refractivity (Wildman–Crippen MR) is 119 cm³/mol. The summed E-state index contributed by atoms with van der Waals surface area (Å²) >= 11 is 1.22. The topological polar surface area (TPSA) is 110 Å². The Hall–Kier alpha value is -1.74. The van der Waals surface area contributed by atoms with Crippen LogP contribution in [0, 0.1) is 0 Å². The summed E-state index contributed by atoms with van der Waals surface area (Å²) in [4.78, 5) is 25.3. The molecule has 0 aromatic carbocycles. The van der Waals surface area contributed by atoms with Crippen LogP contribution in [0.2, 0.25) is 0 Å². The van der Waals surface area contributed by atoms with E-state index in [0.29, 0.717) is 30.4 Å². The Kier molecular flexibility index (Phi) is 12.3. The Morgan fingerprint density at radius 2 is 1.73 bits per heavy atom. The fraction of sp³-hybridized carbons (Fsp3) is 0.684. The van der Waals surface area contributed by atoms with E-state index in [0.717, 1.165) is 26.2 Å². The molecule has 1 saturated heterocycles. The fourth-order valence-electron chi connectivity index (χ4n) is 2.98. The second kappa shape index (κ2) is 13.8. The number of thiophene rings is 1. The van der Waals surface area contributed by atoms with E-state index < -0.39 is 22.2 Å². The first-order valence-corrected chi connectivity index (χ1v) is 12.8. The van der Waals surface area contributed by atoms with Crippen LogP contribution in [0.15, 0.2) is 21.7 Å². The number of carbonyl (C=O) groups is 2. The zero-order valence-electron chi connectivity index (χ0n) is 18.7. The van der Waals surface area contributed by atoms with E-state index in [9.17, 15) is 26.4 Å². The zero-order chi connectivity index (χ0) is 25.1. The molecule has 14 heteroatoms. The average Bonchev–Trinajstić information content (AvgIpc) is 3.32. The van der Waals surface area contributed by atoms with Crippen molar-refractivity contribution >= 4 is 33.2 Å². The number of alkyl halides is 3. The van der Waals surface area contributed by atoms with Gasteiger partial charge in [0.2, 0.25) is 5.91 Å². The second-order valence-electron chi connectivity index (χ2n) is 7.05. The second-order valence-corrected chi connectivity index (χ2v) is 10.2. The van der Waals surface area contributed by atoms with Crippen LogP contribution in [0.3, 0.4) is 0 Å². The number of rotatable bonds is 10. The molecule has 2 N–H and O–H groups in total. The number of sulfonamides is 1. The SMILES string of the molecule is CCN(CC)CCN(CCC(=O)N1CCNCC1)S(=O)(=O)c1cccs1.O=C(O)C(F)(F)F. The van der Waals surface area contributed by atoms with E-state index in [2.05, 4.69) is 24.1 Å². The third-order valence-electron chi connectivity index (χ3n) is 4.94. The van der Waals surface area contributed by atoms with Crippen LogP contribution in [0.1, 0.15) is 20.3 Å². The molecule has 0 unspecified atom stereocenters. The van der Waals surface area contributed by atoms with Gasteiger partial charge in [-0.15, -0.1) is 11.3 Å². The molecule has 0 saturated carbocycles. The standard InChI is InChI=1S/C17H30N4O3S2.C2HF3O2/c1-3-19(4-2)13-14-21(26(23,24)17-6-5-15-25-17)10-7-16(22)20-11-8-18-9-12-20;3-2(4,5)1(6)7/h5-6,15,18H,3-4,7-14H2,1-2H3;(H,6,7). The molecule has 1 aromatic heterocycles. The van der Waals surface area contributed by atoms with Crippen molar-refractivity contribution in [3.05, 3.63) is 17.5 Å². The number of hydrogen-bond donors (Lipinski definition) is 2. The summed E-state index contributed by atoms with van der Waals surface area (Å²) in [5, 5.41) is 12.1. The number of aliphatic carboxylic acids is 1. The smallest absolute Gasteiger partial charge is 0.475 e. The highest BCUT2D eigenvalue weighted by Crippen LogP contribution is 2.21. The van der Waals surface area contributed by atoms with Crippen molar-refractivity contribution in [2.24, 2.45) is 0 Å². The molecule has 0 atom stereocenters. The van der Waals surface area contributed by atoms with Gasteiger partial charge in [-0.25, -0.2) is 13.2 Å². The highest BCUT2D eigenvalue weighted by Gasteiger charge is 2.38. The van der Waals surface area contributed by atoms with Crippen LogP contribution in [-0.2, 0) is 19.6 Å². The molecule has 0 radical (unpaired) electrons. The van der Waals surface area contributed by atoms with Gasteiger partial charge in [0.15, 0.2) is 0 Å². The van der Waals surface area contributed by atoms with Crippen LogP contribution >= 0.6 is 11.3 Å². The Morgan fingerprint density at radius 3 is 2.18 bits per heavy atom. The fourth-order valence-corrected chi connectivity index (χ4v) is 5.55. The van der Waals surface area contributed by atoms with Gasteiger partial charge in [-0.05, 0) is 24.5 Å². The van der Waals surface area contributed by atoms with Gasteiger partial charge in [-0.1, -0.05) is 19.9 Å². The van der Waals surface area contributed by atoms with E-state index in [1.54, 1.807) is 17.5 Å². The van der Waals surface area contributed by atoms with E-state index in [-0.39, 0.29) is 18.9 Å². The first kappa shape index (κ1) is 29.3. The van der Waals surface area contributed by atoms with E-state index in [1.807, 2.05) is 4.90 Å². The average molecular weight is 517 g/mol. The number of nitrogens with one attached hydrogen (secondary N) is 1. The zero-order valence-corrected chi connectivity index (χ0v) is 20.3. The first-order chi connectivity index (χ1) is 15.4. The van der Waals surface area contributed by atoms with Crippen molar-refractivity contribution in [1.29, 1.82) is 0 Å². The first-order valence-electron chi connectivity index (χ1n) is 10.5. The minimum atomic E-state index is -5.08. The number of likely N-dealkylation sites (N-methyl/N-ethyl adjacent to an activating group) is 1. The minimum Gasteiger partial charge on any atom is -0.475 e. The molecule has 2 rings (SSSR count). The lowest BCUT2D eigenvalue weighted by Gasteiger charge is -2.29. The molecule has 1 aromatic rings. The molecule has 0 bridgehead atoms. The largest absolute Gasteiger partial charge is 0.490 e. The number of piperazine rings is 1. The quantitative estimate of drug-likeness (QED) is 0.485. The number of hydrogen-bond acceptors (Lipinski definition) is 7. The Labute approximate surface area is 196 Å². The molecule has 33 heavy (non-hydrogen) atoms. The summed E-state index contributed by atoms with van der Waals surface area (Å²) in [6.07, 6.45) is -4.86. The molecule has 1 aliphatic rings. The number of carboxylic acid groups (broad SMARTS) is 1. The van der Waals surface area contributed by atoms with Gasteiger partial charge in [0.25, 0.3) is 10.0 Å². The summed E-state index contributed by atoms with van der Waals surface area (Å²) < 4.78 is 59.5. The van der Waals surface area contributed by atoms with Crippen molar-refractivity contribution < 1.29 is 36.3 Å². The third kappa shape index (κ3) is 9.96. The maximum absolute atomic E-state index is 13.0. The number of amides is 1. The van der Waals surface area contributed by atoms with Crippen LogP contribution < -0.4 is 5.32 Å². The summed E-state index contributed by atoms with van der Waals surface area (Å²) in [6.45, 7) is 10.2. The van der Waals surface area contributed by atoms with Crippen molar-refractivity contribution in [3.63, 3.8) is 0 Å². The summed E-state index contributed by atoms with van der Waals surface area (Å²) in [5.41, 5.74) is 0. The van der Waals surface area contributed by atoms with Crippen molar-refractivity contribution in [3.8, 4) is 0 Å². The number of halogens is 3. The van der Waals surface area contributed by atoms with E-state index in [1.165, 1.54) is 15.6 Å². The van der Waals surface area contributed by atoms with E-state index in [4.69, 9.17) is 9.90 Å². The van der Waals surface area contributed by atoms with Crippen molar-refractivity contribution in [2.45, 2.75) is 30.7 Å². The number of carboxylic acids is 1. The number of nitrogens with zero attached hydrogens (tertiary/aromatic N) is 3. The van der Waals surface area contributed by atoms with E-state index >= 15 is 0 Å². The molecule has 1 amide bonds. The lowest BCUT2D eigenvalue weighted by atomic mass is 10.3. The maximum atomic E-state index is 13.0. The van der Waals surface area contributed by atoms with Gasteiger partial charge in [0, 0.05) is 52.2 Å². The molecule has 9 nitrogen and oxygen atoms in total. The minimum absolute atomic E-state index is 0.0284. The van der Waals surface area contributed by atoms with Crippen LogP contribution in [-0.4, -0.2) is 105 Å². The van der Waals surface area contributed by atoms with Gasteiger partial charge in [-0.3, -0.25) is 4.79 Å². The van der Waals surface area contributed by atoms with Crippen LogP contribution in [0.25, 0.3) is 0 Å². The lowest BCUT2D eigenvalue weighted by Crippen LogP contribution is -2.47. The van der Waals surface area contributed by atoms with Crippen LogP contribution in [0.5, 0.6) is 0 Å². The molecule has 0 aliphatic carbocycles. The lowest BCUT2D eigenvalue weighted by molar-refractivity contribution is -0.192. The molecule has 190 valence electrons. The van der Waals surface area contributed by atoms with Gasteiger partial charge >= 0.3 is 12.1 Å². The summed E-state index contributed by atoms with van der Waals surface area (Å²) in [6, 6.07) is 3.37. The van der Waals surface area contributed by atoms with Crippen LogP contribution in [0.4, 0.5) is 13.2 Å². The van der Waals surface area contributed by atoms with Gasteiger partial charge in [0.1, 0.15) is 4.21 Å². The molecule has 1 aliphatic heterocycles. The summed E-state index contributed by atoms with van der Waals surface area (Å²) in [5.74, 6) is -2.73. The molecule has 2 heterocycles. The Bertz CT molecular complexity index is 825. The Morgan fingerprint density at radius 1 is 1.15 bits per heavy atom. The molecular weight excluding hydrogens is 485 g/mol. The van der Waals surface area contributed by atoms with Gasteiger partial charge in [0.05, 0.1) is 0 Å². The molecular formula is C19H31F3N4O5S2. The van der Waals surface area contributed by atoms with Gasteiger partial charge in [-0.2, -0.15) is 17.5 Å². The highest BCUT2D eigenvalue weighted by atomic mass is 32.2. The maximum Gasteiger partial charge on any atom is 0.490 e. The third-order valence-corrected chi connectivity index (χ3v) is 8.21. The molecule has 1 fully saturated rings. The monoisotopic (exact) mass is 516 g/mol. The van der Waals surface area contributed by atoms with Gasteiger partial charge < -0.3 is 20.2 Å². The summed E-state index contributed by atoms with van der Waals surface area (Å²) in [7, 11) is -3.55. The predicted octanol–water partition coefficient (Wildman–Crippen LogP) is 1.54. The number of carbonyl (C=O) groups excluding carboxylic acids is 1. The highest BCUT2D eigenvalue weighted by molar-refractivity contribution is 7.91. The van der Waals surface area contributed by atoms with Crippen molar-refractivity contribution in [2.75, 3.05) is 58.9 Å². The van der Waals surface area contributed by atoms with Crippen molar-refractivity contribution in [1.82, 2.24) is 19.4 Å². The molecule has 0 spiro atoms.